The maximum Gasteiger partial charge on any atom is 0.168 e. The highest BCUT2D eigenvalue weighted by Crippen LogP contribution is 2.38. The first-order chi connectivity index (χ1) is 14.4. The SMILES string of the molecule is CCn1nc(C)cc1-c1nc(-c2nc(C=O)cc3c2cnn3C)c(C(C)N)s1.CN. The first-order valence-electron chi connectivity index (χ1n) is 9.60. The van der Waals surface area contributed by atoms with Crippen molar-refractivity contribution in [3.05, 3.63) is 34.6 Å². The van der Waals surface area contributed by atoms with Gasteiger partial charge in [-0.1, -0.05) is 0 Å². The zero-order valence-corrected chi connectivity index (χ0v) is 18.6. The number of carbonyl (C=O) groups excluding carboxylic acids is 1. The summed E-state index contributed by atoms with van der Waals surface area (Å²) in [4.78, 5) is 21.8. The van der Waals surface area contributed by atoms with E-state index in [1.54, 1.807) is 16.9 Å². The normalized spacial score (nSPS) is 12.0. The van der Waals surface area contributed by atoms with Crippen LogP contribution in [0.5, 0.6) is 0 Å². The van der Waals surface area contributed by atoms with E-state index < -0.39 is 0 Å². The lowest BCUT2D eigenvalue weighted by Gasteiger charge is -2.07. The molecule has 4 rings (SSSR count). The number of rotatable bonds is 5. The van der Waals surface area contributed by atoms with Crippen LogP contribution in [0, 0.1) is 6.92 Å². The number of thiazole rings is 1. The molecule has 0 spiro atoms. The van der Waals surface area contributed by atoms with Gasteiger partial charge in [0.1, 0.15) is 22.1 Å². The third-order valence-electron chi connectivity index (χ3n) is 4.60. The molecule has 1 unspecified atom stereocenters. The number of pyridine rings is 1. The standard InChI is InChI=1S/C19H21N7OS.CH5N/c1-5-26-15(6-10(2)24-26)19-23-17(18(28-19)11(3)20)16-13-8-21-25(4)14(13)7-12(9-27)22-16;1-2/h6-9,11H,5,20H2,1-4H3;2H2,1H3. The van der Waals surface area contributed by atoms with Crippen LogP contribution in [0.2, 0.25) is 0 Å². The summed E-state index contributed by atoms with van der Waals surface area (Å²) in [7, 11) is 3.34. The number of nitrogens with zero attached hydrogens (tertiary/aromatic N) is 6. The second kappa shape index (κ2) is 8.82. The van der Waals surface area contributed by atoms with Crippen molar-refractivity contribution in [3.63, 3.8) is 0 Å². The van der Waals surface area contributed by atoms with Crippen molar-refractivity contribution in [2.24, 2.45) is 18.5 Å². The monoisotopic (exact) mass is 426 g/mol. The minimum Gasteiger partial charge on any atom is -0.333 e. The first kappa shape index (κ1) is 21.8. The van der Waals surface area contributed by atoms with E-state index in [9.17, 15) is 4.79 Å². The zero-order valence-electron chi connectivity index (χ0n) is 17.7. The van der Waals surface area contributed by atoms with Crippen LogP contribution in [-0.4, -0.2) is 42.9 Å². The molecule has 0 aliphatic carbocycles. The molecule has 0 fully saturated rings. The predicted molar refractivity (Wildman–Crippen MR) is 119 cm³/mol. The lowest BCUT2D eigenvalue weighted by molar-refractivity contribution is 0.111. The van der Waals surface area contributed by atoms with Gasteiger partial charge in [-0.05, 0) is 40.0 Å². The van der Waals surface area contributed by atoms with Crippen LogP contribution in [0.3, 0.4) is 0 Å². The number of hydrogen-bond acceptors (Lipinski definition) is 8. The summed E-state index contributed by atoms with van der Waals surface area (Å²) in [6.07, 6.45) is 2.49. The van der Waals surface area contributed by atoms with E-state index in [2.05, 4.69) is 20.9 Å². The van der Waals surface area contributed by atoms with Crippen LogP contribution in [0.15, 0.2) is 18.3 Å². The molecule has 0 aromatic carbocycles. The van der Waals surface area contributed by atoms with Gasteiger partial charge >= 0.3 is 0 Å². The van der Waals surface area contributed by atoms with Gasteiger partial charge in [-0.15, -0.1) is 11.3 Å². The van der Waals surface area contributed by atoms with Crippen molar-refractivity contribution < 1.29 is 4.79 Å². The van der Waals surface area contributed by atoms with Gasteiger partial charge in [0.25, 0.3) is 0 Å². The molecule has 0 saturated heterocycles. The van der Waals surface area contributed by atoms with Crippen LogP contribution < -0.4 is 11.5 Å². The molecule has 158 valence electrons. The molecule has 0 aliphatic rings. The van der Waals surface area contributed by atoms with Crippen molar-refractivity contribution in [1.29, 1.82) is 0 Å². The minimum absolute atomic E-state index is 0.228. The van der Waals surface area contributed by atoms with Gasteiger partial charge in [0, 0.05) is 25.0 Å². The number of hydrogen-bond donors (Lipinski definition) is 2. The Morgan fingerprint density at radius 1 is 1.23 bits per heavy atom. The molecule has 30 heavy (non-hydrogen) atoms. The van der Waals surface area contributed by atoms with Crippen LogP contribution in [0.25, 0.3) is 33.0 Å². The van der Waals surface area contributed by atoms with Crippen LogP contribution in [-0.2, 0) is 13.6 Å². The third kappa shape index (κ3) is 3.76. The molecule has 0 bridgehead atoms. The van der Waals surface area contributed by atoms with E-state index in [1.165, 1.54) is 18.4 Å². The Hall–Kier alpha value is -2.95. The number of aryl methyl sites for hydroxylation is 3. The maximum atomic E-state index is 11.5. The average molecular weight is 427 g/mol. The quantitative estimate of drug-likeness (QED) is 0.469. The molecular weight excluding hydrogens is 400 g/mol. The van der Waals surface area contributed by atoms with Crippen molar-refractivity contribution >= 4 is 28.5 Å². The second-order valence-corrected chi connectivity index (χ2v) is 7.75. The number of nitrogens with two attached hydrogens (primary N) is 2. The van der Waals surface area contributed by atoms with E-state index in [1.807, 2.05) is 38.6 Å². The highest BCUT2D eigenvalue weighted by Gasteiger charge is 2.23. The van der Waals surface area contributed by atoms with E-state index >= 15 is 0 Å². The molecule has 0 radical (unpaired) electrons. The summed E-state index contributed by atoms with van der Waals surface area (Å²) >= 11 is 1.53. The summed E-state index contributed by atoms with van der Waals surface area (Å²) in [5.74, 6) is 0. The largest absolute Gasteiger partial charge is 0.333 e. The van der Waals surface area contributed by atoms with Crippen molar-refractivity contribution in [2.45, 2.75) is 33.4 Å². The number of fused-ring (bicyclic) bond motifs is 1. The topological polar surface area (TPSA) is 131 Å². The number of aldehydes is 1. The Bertz CT molecular complexity index is 1190. The Morgan fingerprint density at radius 3 is 2.60 bits per heavy atom. The Morgan fingerprint density at radius 2 is 1.97 bits per heavy atom. The summed E-state index contributed by atoms with van der Waals surface area (Å²) in [5.41, 5.74) is 15.1. The molecule has 4 N–H and O–H groups in total. The summed E-state index contributed by atoms with van der Waals surface area (Å²) in [6, 6.07) is 3.52. The first-order valence-corrected chi connectivity index (χ1v) is 10.4. The molecular formula is C20H26N8OS. The number of aromatic nitrogens is 6. The Balaban J connectivity index is 0.00000124. The predicted octanol–water partition coefficient (Wildman–Crippen LogP) is 2.69. The molecule has 4 aromatic heterocycles. The van der Waals surface area contributed by atoms with Crippen LogP contribution in [0.4, 0.5) is 0 Å². The molecule has 4 aromatic rings. The van der Waals surface area contributed by atoms with Gasteiger partial charge in [-0.25, -0.2) is 9.97 Å². The van der Waals surface area contributed by atoms with Crippen LogP contribution >= 0.6 is 11.3 Å². The fourth-order valence-corrected chi connectivity index (χ4v) is 4.32. The van der Waals surface area contributed by atoms with E-state index in [0.717, 1.165) is 45.0 Å². The Kier molecular flexibility index (Phi) is 6.40. The molecule has 0 amide bonds. The maximum absolute atomic E-state index is 11.5. The van der Waals surface area contributed by atoms with Crippen molar-refractivity contribution in [1.82, 2.24) is 29.5 Å². The molecule has 0 aliphatic heterocycles. The van der Waals surface area contributed by atoms with Gasteiger partial charge < -0.3 is 11.5 Å². The summed E-state index contributed by atoms with van der Waals surface area (Å²) < 4.78 is 3.65. The van der Waals surface area contributed by atoms with Crippen LogP contribution in [0.1, 0.15) is 40.9 Å². The fourth-order valence-electron chi connectivity index (χ4n) is 3.28. The van der Waals surface area contributed by atoms with E-state index in [-0.39, 0.29) is 6.04 Å². The molecule has 10 heteroatoms. The van der Waals surface area contributed by atoms with Gasteiger partial charge in [0.2, 0.25) is 0 Å². The van der Waals surface area contributed by atoms with Gasteiger partial charge in [-0.2, -0.15) is 10.2 Å². The lowest BCUT2D eigenvalue weighted by Crippen LogP contribution is -2.05. The van der Waals surface area contributed by atoms with Gasteiger partial charge in [0.15, 0.2) is 6.29 Å². The smallest absolute Gasteiger partial charge is 0.168 e. The molecule has 4 heterocycles. The third-order valence-corrected chi connectivity index (χ3v) is 5.88. The summed E-state index contributed by atoms with van der Waals surface area (Å²) in [5, 5.41) is 10.5. The van der Waals surface area contributed by atoms with E-state index in [4.69, 9.17) is 10.7 Å². The number of carbonyl (C=O) groups is 1. The lowest BCUT2D eigenvalue weighted by atomic mass is 10.1. The van der Waals surface area contributed by atoms with Gasteiger partial charge in [0.05, 0.1) is 28.0 Å². The van der Waals surface area contributed by atoms with Crippen molar-refractivity contribution in [2.75, 3.05) is 7.05 Å². The fraction of sp³-hybridized carbons (Fsp3) is 0.350. The molecule has 9 nitrogen and oxygen atoms in total. The Labute approximate surface area is 178 Å². The van der Waals surface area contributed by atoms with E-state index in [0.29, 0.717) is 17.1 Å². The summed E-state index contributed by atoms with van der Waals surface area (Å²) in [6.45, 7) is 6.68. The molecule has 0 saturated carbocycles. The second-order valence-electron chi connectivity index (χ2n) is 6.72. The highest BCUT2D eigenvalue weighted by atomic mass is 32.1. The minimum atomic E-state index is -0.228. The van der Waals surface area contributed by atoms with Crippen molar-refractivity contribution in [3.8, 4) is 22.1 Å². The highest BCUT2D eigenvalue weighted by molar-refractivity contribution is 7.15. The van der Waals surface area contributed by atoms with Gasteiger partial charge in [-0.3, -0.25) is 14.2 Å². The zero-order chi connectivity index (χ0) is 22.0. The molecule has 1 atom stereocenters. The average Bonchev–Trinajstić information content (AvgIpc) is 3.45.